The van der Waals surface area contributed by atoms with E-state index in [2.05, 4.69) is 21.9 Å². The van der Waals surface area contributed by atoms with Crippen LogP contribution in [0.25, 0.3) is 10.9 Å². The van der Waals surface area contributed by atoms with Crippen molar-refractivity contribution >= 4 is 16.6 Å². The van der Waals surface area contributed by atoms with Crippen LogP contribution < -0.4 is 5.73 Å². The van der Waals surface area contributed by atoms with Crippen LogP contribution in [0.5, 0.6) is 0 Å². The molecule has 1 aliphatic heterocycles. The second kappa shape index (κ2) is 4.23. The molecule has 0 bridgehead atoms. The molecule has 4 nitrogen and oxygen atoms in total. The molecule has 1 aromatic heterocycles. The molecule has 2 fully saturated rings. The van der Waals surface area contributed by atoms with Gasteiger partial charge in [-0.2, -0.15) is 5.10 Å². The van der Waals surface area contributed by atoms with E-state index < -0.39 is 0 Å². The normalized spacial score (nSPS) is 21.1. The van der Waals surface area contributed by atoms with Crippen LogP contribution in [0.15, 0.2) is 18.3 Å². The van der Waals surface area contributed by atoms with Gasteiger partial charge in [0, 0.05) is 24.3 Å². The minimum atomic E-state index is 0.474. The Kier molecular flexibility index (Phi) is 2.52. The van der Waals surface area contributed by atoms with Gasteiger partial charge < -0.3 is 10.5 Å². The highest BCUT2D eigenvalue weighted by Crippen LogP contribution is 2.44. The van der Waals surface area contributed by atoms with Crippen molar-refractivity contribution in [2.24, 2.45) is 0 Å². The van der Waals surface area contributed by atoms with Crippen molar-refractivity contribution in [1.82, 2.24) is 9.78 Å². The number of fused-ring (bicyclic) bond motifs is 1. The third-order valence-corrected chi connectivity index (χ3v) is 4.35. The zero-order chi connectivity index (χ0) is 12.8. The summed E-state index contributed by atoms with van der Waals surface area (Å²) in [6.07, 6.45) is 6.61. The topological polar surface area (TPSA) is 53.1 Å². The zero-order valence-electron chi connectivity index (χ0n) is 11.0. The van der Waals surface area contributed by atoms with Crippen LogP contribution in [-0.2, 0) is 4.74 Å². The number of aromatic nitrogens is 2. The molecule has 100 valence electrons. The molecule has 1 saturated carbocycles. The lowest BCUT2D eigenvalue weighted by molar-refractivity contribution is 0.0675. The zero-order valence-corrected chi connectivity index (χ0v) is 11.0. The molecule has 0 radical (unpaired) electrons. The van der Waals surface area contributed by atoms with Gasteiger partial charge in [-0.3, -0.25) is 4.68 Å². The SMILES string of the molecule is Nc1cc2cnn(C3CCOCC3)c2cc1C1CC1. The van der Waals surface area contributed by atoms with Gasteiger partial charge in [-0.05, 0) is 49.3 Å². The Labute approximate surface area is 112 Å². The largest absolute Gasteiger partial charge is 0.398 e. The number of benzene rings is 1. The van der Waals surface area contributed by atoms with Gasteiger partial charge in [-0.25, -0.2) is 0 Å². The molecule has 4 rings (SSSR count). The smallest absolute Gasteiger partial charge is 0.0690 e. The van der Waals surface area contributed by atoms with Gasteiger partial charge in [0.05, 0.1) is 17.8 Å². The predicted molar refractivity (Wildman–Crippen MR) is 75.2 cm³/mol. The molecule has 1 aromatic carbocycles. The molecule has 2 heterocycles. The lowest BCUT2D eigenvalue weighted by Crippen LogP contribution is -2.20. The van der Waals surface area contributed by atoms with Crippen molar-refractivity contribution < 1.29 is 4.74 Å². The highest BCUT2D eigenvalue weighted by atomic mass is 16.5. The molecule has 0 unspecified atom stereocenters. The first-order chi connectivity index (χ1) is 9.33. The molecule has 1 aliphatic carbocycles. The van der Waals surface area contributed by atoms with Crippen LogP contribution in [0.1, 0.15) is 43.2 Å². The molecule has 0 atom stereocenters. The quantitative estimate of drug-likeness (QED) is 0.842. The fourth-order valence-corrected chi connectivity index (χ4v) is 3.10. The third kappa shape index (κ3) is 1.91. The molecule has 19 heavy (non-hydrogen) atoms. The van der Waals surface area contributed by atoms with Crippen molar-refractivity contribution in [2.75, 3.05) is 18.9 Å². The number of hydrogen-bond donors (Lipinski definition) is 1. The van der Waals surface area contributed by atoms with Crippen LogP contribution in [0.2, 0.25) is 0 Å². The van der Waals surface area contributed by atoms with E-state index in [0.717, 1.165) is 37.1 Å². The number of hydrogen-bond acceptors (Lipinski definition) is 3. The predicted octanol–water partition coefficient (Wildman–Crippen LogP) is 2.85. The van der Waals surface area contributed by atoms with Gasteiger partial charge in [-0.15, -0.1) is 0 Å². The molecular formula is C15H19N3O. The fraction of sp³-hybridized carbons (Fsp3) is 0.533. The number of nitrogens with zero attached hydrogens (tertiary/aromatic N) is 2. The Balaban J connectivity index is 1.80. The Morgan fingerprint density at radius 3 is 2.68 bits per heavy atom. The second-order valence-corrected chi connectivity index (χ2v) is 5.75. The van der Waals surface area contributed by atoms with E-state index in [9.17, 15) is 0 Å². The highest BCUT2D eigenvalue weighted by Gasteiger charge is 2.27. The first kappa shape index (κ1) is 11.3. The molecule has 2 aromatic rings. The number of nitrogens with two attached hydrogens (primary N) is 1. The Morgan fingerprint density at radius 1 is 1.16 bits per heavy atom. The van der Waals surface area contributed by atoms with Crippen LogP contribution >= 0.6 is 0 Å². The van der Waals surface area contributed by atoms with Gasteiger partial charge in [0.15, 0.2) is 0 Å². The number of ether oxygens (including phenoxy) is 1. The van der Waals surface area contributed by atoms with Gasteiger partial charge >= 0.3 is 0 Å². The summed E-state index contributed by atoms with van der Waals surface area (Å²) >= 11 is 0. The first-order valence-corrected chi connectivity index (χ1v) is 7.17. The highest BCUT2D eigenvalue weighted by molar-refractivity contribution is 5.84. The van der Waals surface area contributed by atoms with Crippen molar-refractivity contribution in [1.29, 1.82) is 0 Å². The van der Waals surface area contributed by atoms with Gasteiger partial charge in [0.25, 0.3) is 0 Å². The molecular weight excluding hydrogens is 238 g/mol. The third-order valence-electron chi connectivity index (χ3n) is 4.35. The summed E-state index contributed by atoms with van der Waals surface area (Å²) in [5.41, 5.74) is 9.65. The molecule has 1 saturated heterocycles. The standard InChI is InChI=1S/C15H19N3O/c16-14-7-11-9-17-18(12-3-5-19-6-4-12)15(11)8-13(14)10-1-2-10/h7-10,12H,1-6,16H2. The van der Waals surface area contributed by atoms with Crippen LogP contribution in [-0.4, -0.2) is 23.0 Å². The molecule has 4 heteroatoms. The summed E-state index contributed by atoms with van der Waals surface area (Å²) < 4.78 is 7.62. The molecule has 0 spiro atoms. The van der Waals surface area contributed by atoms with Crippen LogP contribution in [0.4, 0.5) is 5.69 Å². The lowest BCUT2D eigenvalue weighted by Gasteiger charge is -2.23. The molecule has 0 amide bonds. The summed E-state index contributed by atoms with van der Waals surface area (Å²) in [6.45, 7) is 1.69. The summed E-state index contributed by atoms with van der Waals surface area (Å²) in [5, 5.41) is 5.75. The summed E-state index contributed by atoms with van der Waals surface area (Å²) in [4.78, 5) is 0. The van der Waals surface area contributed by atoms with Crippen LogP contribution in [0.3, 0.4) is 0 Å². The monoisotopic (exact) mass is 257 g/mol. The molecule has 2 N–H and O–H groups in total. The maximum absolute atomic E-state index is 6.16. The average molecular weight is 257 g/mol. The van der Waals surface area contributed by atoms with E-state index in [1.54, 1.807) is 0 Å². The van der Waals surface area contributed by atoms with Gasteiger partial charge in [-0.1, -0.05) is 0 Å². The maximum atomic E-state index is 6.16. The van der Waals surface area contributed by atoms with E-state index in [4.69, 9.17) is 10.5 Å². The summed E-state index contributed by atoms with van der Waals surface area (Å²) in [7, 11) is 0. The minimum absolute atomic E-state index is 0.474. The first-order valence-electron chi connectivity index (χ1n) is 7.17. The summed E-state index contributed by atoms with van der Waals surface area (Å²) in [5.74, 6) is 0.683. The van der Waals surface area contributed by atoms with E-state index in [-0.39, 0.29) is 0 Å². The van der Waals surface area contributed by atoms with E-state index >= 15 is 0 Å². The Morgan fingerprint density at radius 2 is 1.95 bits per heavy atom. The molecule has 2 aliphatic rings. The minimum Gasteiger partial charge on any atom is -0.398 e. The number of nitrogen functional groups attached to an aromatic ring is 1. The average Bonchev–Trinajstić information content (AvgIpc) is 3.20. The van der Waals surface area contributed by atoms with Gasteiger partial charge in [0.2, 0.25) is 0 Å². The Bertz CT molecular complexity index is 609. The van der Waals surface area contributed by atoms with E-state index in [1.807, 2.05) is 6.20 Å². The van der Waals surface area contributed by atoms with Gasteiger partial charge in [0.1, 0.15) is 0 Å². The van der Waals surface area contributed by atoms with Crippen LogP contribution in [0, 0.1) is 0 Å². The van der Waals surface area contributed by atoms with Crippen molar-refractivity contribution in [3.8, 4) is 0 Å². The lowest BCUT2D eigenvalue weighted by atomic mass is 10.1. The Hall–Kier alpha value is -1.55. The maximum Gasteiger partial charge on any atom is 0.0690 e. The van der Waals surface area contributed by atoms with Crippen molar-refractivity contribution in [3.05, 3.63) is 23.9 Å². The second-order valence-electron chi connectivity index (χ2n) is 5.75. The number of rotatable bonds is 2. The van der Waals surface area contributed by atoms with Crippen molar-refractivity contribution in [2.45, 2.75) is 37.6 Å². The fourth-order valence-electron chi connectivity index (χ4n) is 3.10. The van der Waals surface area contributed by atoms with Crippen molar-refractivity contribution in [3.63, 3.8) is 0 Å². The number of anilines is 1. The van der Waals surface area contributed by atoms with E-state index in [0.29, 0.717) is 12.0 Å². The van der Waals surface area contributed by atoms with E-state index in [1.165, 1.54) is 23.9 Å². The summed E-state index contributed by atoms with van der Waals surface area (Å²) in [6, 6.07) is 4.83.